The Labute approximate surface area is 138 Å². The highest BCUT2D eigenvalue weighted by molar-refractivity contribution is 5.53. The second-order valence-electron chi connectivity index (χ2n) is 6.71. The first-order valence-electron chi connectivity index (χ1n) is 8.20. The van der Waals surface area contributed by atoms with E-state index in [2.05, 4.69) is 46.9 Å². The lowest BCUT2D eigenvalue weighted by Gasteiger charge is -2.48. The average molecular weight is 314 g/mol. The molecule has 0 bridgehead atoms. The van der Waals surface area contributed by atoms with Gasteiger partial charge in [0.05, 0.1) is 13.7 Å². The van der Waals surface area contributed by atoms with E-state index in [1.54, 1.807) is 7.11 Å². The largest absolute Gasteiger partial charge is 0.497 e. The third kappa shape index (κ3) is 3.67. The molecule has 1 fully saturated rings. The van der Waals surface area contributed by atoms with Crippen LogP contribution in [0.2, 0.25) is 0 Å². The van der Waals surface area contributed by atoms with Crippen LogP contribution in [0.4, 0.5) is 5.69 Å². The van der Waals surface area contributed by atoms with Gasteiger partial charge in [0.25, 0.3) is 0 Å². The van der Waals surface area contributed by atoms with Gasteiger partial charge in [-0.1, -0.05) is 6.07 Å². The van der Waals surface area contributed by atoms with Gasteiger partial charge in [-0.3, -0.25) is 9.58 Å². The number of rotatable bonds is 5. The fraction of sp³-hybridized carbons (Fsp3) is 0.500. The van der Waals surface area contributed by atoms with Crippen molar-refractivity contribution in [1.29, 1.82) is 0 Å². The Morgan fingerprint density at radius 1 is 1.17 bits per heavy atom. The molecule has 2 heterocycles. The maximum Gasteiger partial charge on any atom is 0.120 e. The van der Waals surface area contributed by atoms with Crippen molar-refractivity contribution in [3.63, 3.8) is 0 Å². The van der Waals surface area contributed by atoms with Crippen LogP contribution in [-0.2, 0) is 6.54 Å². The molecule has 23 heavy (non-hydrogen) atoms. The molecule has 0 radical (unpaired) electrons. The van der Waals surface area contributed by atoms with Gasteiger partial charge in [-0.25, -0.2) is 0 Å². The van der Waals surface area contributed by atoms with Crippen molar-refractivity contribution in [1.82, 2.24) is 14.7 Å². The van der Waals surface area contributed by atoms with E-state index in [0.717, 1.165) is 38.5 Å². The molecule has 1 aromatic carbocycles. The summed E-state index contributed by atoms with van der Waals surface area (Å²) in [7, 11) is 1.72. The lowest BCUT2D eigenvalue weighted by Crippen LogP contribution is -2.59. The number of aromatic nitrogens is 2. The molecule has 1 aromatic heterocycles. The Kier molecular flexibility index (Phi) is 4.57. The van der Waals surface area contributed by atoms with Gasteiger partial charge < -0.3 is 9.64 Å². The molecule has 5 nitrogen and oxygen atoms in total. The maximum absolute atomic E-state index is 5.37. The summed E-state index contributed by atoms with van der Waals surface area (Å²) in [6, 6.07) is 10.3. The summed E-state index contributed by atoms with van der Waals surface area (Å²) in [6.07, 6.45) is 3.86. The van der Waals surface area contributed by atoms with Crippen LogP contribution < -0.4 is 9.64 Å². The predicted octanol–water partition coefficient (Wildman–Crippen LogP) is 2.49. The van der Waals surface area contributed by atoms with Crippen LogP contribution in [0.1, 0.15) is 13.8 Å². The molecular formula is C18H26N4O. The molecule has 1 aliphatic heterocycles. The Balaban J connectivity index is 1.65. The highest BCUT2D eigenvalue weighted by atomic mass is 16.5. The average Bonchev–Trinajstić information content (AvgIpc) is 3.05. The number of nitrogens with zero attached hydrogens (tertiary/aromatic N) is 4. The van der Waals surface area contributed by atoms with Crippen molar-refractivity contribution < 1.29 is 4.74 Å². The number of methoxy groups -OCH3 is 1. The van der Waals surface area contributed by atoms with E-state index in [4.69, 9.17) is 4.74 Å². The first-order valence-corrected chi connectivity index (χ1v) is 8.20. The van der Waals surface area contributed by atoms with Gasteiger partial charge in [-0.15, -0.1) is 0 Å². The Bertz CT molecular complexity index is 624. The molecule has 0 atom stereocenters. The summed E-state index contributed by atoms with van der Waals surface area (Å²) >= 11 is 0. The second-order valence-corrected chi connectivity index (χ2v) is 6.71. The van der Waals surface area contributed by atoms with Crippen molar-refractivity contribution in [2.24, 2.45) is 0 Å². The van der Waals surface area contributed by atoms with Crippen molar-refractivity contribution in [2.45, 2.75) is 25.9 Å². The topological polar surface area (TPSA) is 33.5 Å². The number of piperazine rings is 1. The van der Waals surface area contributed by atoms with Crippen LogP contribution in [0.5, 0.6) is 5.75 Å². The smallest absolute Gasteiger partial charge is 0.120 e. The number of anilines is 1. The van der Waals surface area contributed by atoms with Crippen LogP contribution in [0.25, 0.3) is 0 Å². The second kappa shape index (κ2) is 6.62. The summed E-state index contributed by atoms with van der Waals surface area (Å²) in [5.41, 5.74) is 1.33. The Morgan fingerprint density at radius 2 is 2.04 bits per heavy atom. The number of hydrogen-bond acceptors (Lipinski definition) is 4. The molecule has 0 N–H and O–H groups in total. The zero-order valence-electron chi connectivity index (χ0n) is 14.3. The summed E-state index contributed by atoms with van der Waals surface area (Å²) < 4.78 is 7.37. The quantitative estimate of drug-likeness (QED) is 0.849. The summed E-state index contributed by atoms with van der Waals surface area (Å²) in [5.74, 6) is 0.916. The van der Waals surface area contributed by atoms with Crippen molar-refractivity contribution in [3.05, 3.63) is 42.7 Å². The lowest BCUT2D eigenvalue weighted by atomic mass is 9.97. The van der Waals surface area contributed by atoms with Gasteiger partial charge >= 0.3 is 0 Å². The third-order valence-corrected chi connectivity index (χ3v) is 4.55. The Morgan fingerprint density at radius 3 is 2.74 bits per heavy atom. The van der Waals surface area contributed by atoms with Crippen LogP contribution in [0, 0.1) is 0 Å². The van der Waals surface area contributed by atoms with Crippen LogP contribution in [0.15, 0.2) is 42.7 Å². The van der Waals surface area contributed by atoms with Gasteiger partial charge in [-0.05, 0) is 32.0 Å². The molecular weight excluding hydrogens is 288 g/mol. The van der Waals surface area contributed by atoms with E-state index in [9.17, 15) is 0 Å². The van der Waals surface area contributed by atoms with Gasteiger partial charge in [0, 0.05) is 55.9 Å². The van der Waals surface area contributed by atoms with Crippen LogP contribution >= 0.6 is 0 Å². The molecule has 0 aliphatic carbocycles. The minimum atomic E-state index is 0.0920. The normalized spacial score (nSPS) is 18.1. The van der Waals surface area contributed by atoms with Crippen LogP contribution in [-0.4, -0.2) is 53.5 Å². The fourth-order valence-corrected chi connectivity index (χ4v) is 3.38. The molecule has 3 rings (SSSR count). The summed E-state index contributed by atoms with van der Waals surface area (Å²) in [4.78, 5) is 5.01. The minimum Gasteiger partial charge on any atom is -0.497 e. The standard InChI is InChI=1S/C18H26N4O/c1-18(2)15-20(10-12-21-9-5-8-19-21)11-13-22(18)16-6-4-7-17(14-16)23-3/h4-9,14H,10-13,15H2,1-3H3. The highest BCUT2D eigenvalue weighted by Crippen LogP contribution is 2.30. The molecule has 0 unspecified atom stereocenters. The highest BCUT2D eigenvalue weighted by Gasteiger charge is 2.33. The van der Waals surface area contributed by atoms with Crippen LogP contribution in [0.3, 0.4) is 0 Å². The van der Waals surface area contributed by atoms with Gasteiger partial charge in [-0.2, -0.15) is 5.10 Å². The molecule has 0 saturated carbocycles. The minimum absolute atomic E-state index is 0.0920. The molecule has 1 aliphatic rings. The first-order chi connectivity index (χ1) is 11.1. The molecule has 0 spiro atoms. The zero-order valence-corrected chi connectivity index (χ0v) is 14.3. The van der Waals surface area contributed by atoms with Gasteiger partial charge in [0.15, 0.2) is 0 Å². The van der Waals surface area contributed by atoms with E-state index in [1.165, 1.54) is 5.69 Å². The molecule has 124 valence electrons. The predicted molar refractivity (Wildman–Crippen MR) is 93.1 cm³/mol. The maximum atomic E-state index is 5.37. The van der Waals surface area contributed by atoms with E-state index in [1.807, 2.05) is 29.2 Å². The van der Waals surface area contributed by atoms with Crippen molar-refractivity contribution in [3.8, 4) is 5.75 Å². The van der Waals surface area contributed by atoms with E-state index in [0.29, 0.717) is 0 Å². The van der Waals surface area contributed by atoms with Crippen molar-refractivity contribution in [2.75, 3.05) is 38.2 Å². The van der Waals surface area contributed by atoms with Crippen molar-refractivity contribution >= 4 is 5.69 Å². The number of benzene rings is 1. The monoisotopic (exact) mass is 314 g/mol. The van der Waals surface area contributed by atoms with Gasteiger partial charge in [0.1, 0.15) is 5.75 Å². The van der Waals surface area contributed by atoms with E-state index < -0.39 is 0 Å². The summed E-state index contributed by atoms with van der Waals surface area (Å²) in [5, 5.41) is 4.28. The molecule has 1 saturated heterocycles. The lowest BCUT2D eigenvalue weighted by molar-refractivity contribution is 0.175. The molecule has 2 aromatic rings. The zero-order chi connectivity index (χ0) is 16.3. The van der Waals surface area contributed by atoms with E-state index >= 15 is 0 Å². The van der Waals surface area contributed by atoms with E-state index in [-0.39, 0.29) is 5.54 Å². The number of hydrogen-bond donors (Lipinski definition) is 0. The third-order valence-electron chi connectivity index (χ3n) is 4.55. The van der Waals surface area contributed by atoms with Gasteiger partial charge in [0.2, 0.25) is 0 Å². The summed E-state index contributed by atoms with van der Waals surface area (Å²) in [6.45, 7) is 9.76. The Hall–Kier alpha value is -2.01. The number of ether oxygens (including phenoxy) is 1. The molecule has 5 heteroatoms. The first kappa shape index (κ1) is 15.9. The fourth-order valence-electron chi connectivity index (χ4n) is 3.38. The SMILES string of the molecule is COc1cccc(N2CCN(CCn3cccn3)CC2(C)C)c1. The molecule has 0 amide bonds.